The summed E-state index contributed by atoms with van der Waals surface area (Å²) >= 11 is 0. The first-order chi connectivity index (χ1) is 5.81. The molecule has 1 aliphatic heterocycles. The molecular formula is C5H10BF3KNO2S. The fourth-order valence-electron chi connectivity index (χ4n) is 1.28. The van der Waals surface area contributed by atoms with Gasteiger partial charge in [0.1, 0.15) is 0 Å². The van der Waals surface area contributed by atoms with Gasteiger partial charge in [-0.25, -0.2) is 12.7 Å². The van der Waals surface area contributed by atoms with E-state index in [1.165, 1.54) is 0 Å². The maximum absolute atomic E-state index is 11.9. The molecule has 0 bridgehead atoms. The van der Waals surface area contributed by atoms with Crippen LogP contribution < -0.4 is 51.4 Å². The molecule has 1 fully saturated rings. The SMILES string of the molecule is O=S1(=O)CCCCN1C[B-](F)(F)F.[K+]. The van der Waals surface area contributed by atoms with Crippen LogP contribution in [-0.4, -0.2) is 38.4 Å². The van der Waals surface area contributed by atoms with Gasteiger partial charge in [0.25, 0.3) is 0 Å². The molecule has 9 heteroatoms. The quantitative estimate of drug-likeness (QED) is 0.525. The van der Waals surface area contributed by atoms with Gasteiger partial charge in [-0.2, -0.15) is 0 Å². The standard InChI is InChI=1S/C5H10BF3NO2S.K/c7-6(8,9)5-10-3-1-2-4-13(10,11)12;/h1-5H2;/q-1;+1. The average molecular weight is 255 g/mol. The van der Waals surface area contributed by atoms with Crippen molar-refractivity contribution in [3.63, 3.8) is 0 Å². The second-order valence-electron chi connectivity index (χ2n) is 3.09. The summed E-state index contributed by atoms with van der Waals surface area (Å²) in [5.41, 5.74) is 0. The summed E-state index contributed by atoms with van der Waals surface area (Å²) in [7, 11) is -3.63. The molecule has 0 spiro atoms. The molecule has 1 rings (SSSR count). The van der Waals surface area contributed by atoms with Crippen LogP contribution in [0.25, 0.3) is 0 Å². The Balaban J connectivity index is 0.00000169. The molecule has 0 aliphatic carbocycles. The minimum Gasteiger partial charge on any atom is -0.448 e. The number of halogens is 3. The Morgan fingerprint density at radius 1 is 1.21 bits per heavy atom. The second-order valence-corrected chi connectivity index (χ2v) is 5.18. The van der Waals surface area contributed by atoms with E-state index in [-0.39, 0.29) is 63.7 Å². The van der Waals surface area contributed by atoms with Crippen LogP contribution in [0.2, 0.25) is 0 Å². The summed E-state index contributed by atoms with van der Waals surface area (Å²) < 4.78 is 58.5. The summed E-state index contributed by atoms with van der Waals surface area (Å²) in [6.45, 7) is -5.04. The molecule has 0 unspecified atom stereocenters. The van der Waals surface area contributed by atoms with Crippen molar-refractivity contribution < 1.29 is 72.7 Å². The van der Waals surface area contributed by atoms with Crippen LogP contribution in [0.1, 0.15) is 12.8 Å². The van der Waals surface area contributed by atoms with Gasteiger partial charge in [-0.15, -0.1) is 0 Å². The van der Waals surface area contributed by atoms with E-state index in [0.717, 1.165) is 0 Å². The summed E-state index contributed by atoms with van der Waals surface area (Å²) in [6, 6.07) is 0. The van der Waals surface area contributed by atoms with Gasteiger partial charge in [0.15, 0.2) is 0 Å². The molecule has 0 amide bonds. The zero-order chi connectivity index (χ0) is 10.1. The first-order valence-electron chi connectivity index (χ1n) is 4.00. The van der Waals surface area contributed by atoms with Crippen molar-refractivity contribution in [1.29, 1.82) is 0 Å². The Kier molecular flexibility index (Phi) is 6.21. The smallest absolute Gasteiger partial charge is 0.448 e. The van der Waals surface area contributed by atoms with Gasteiger partial charge >= 0.3 is 58.4 Å². The fourth-order valence-corrected chi connectivity index (χ4v) is 2.91. The molecule has 0 aromatic carbocycles. The third-order valence-electron chi connectivity index (χ3n) is 1.86. The molecule has 1 heterocycles. The number of nitrogens with zero attached hydrogens (tertiary/aromatic N) is 1. The van der Waals surface area contributed by atoms with Crippen molar-refractivity contribution in [2.75, 3.05) is 18.7 Å². The Morgan fingerprint density at radius 3 is 2.21 bits per heavy atom. The van der Waals surface area contributed by atoms with E-state index in [1.54, 1.807) is 0 Å². The second kappa shape index (κ2) is 5.65. The van der Waals surface area contributed by atoms with Gasteiger partial charge < -0.3 is 12.9 Å². The van der Waals surface area contributed by atoms with E-state index in [0.29, 0.717) is 17.1 Å². The Bertz CT molecular complexity index is 281. The van der Waals surface area contributed by atoms with Crippen LogP contribution in [0.4, 0.5) is 12.9 Å². The van der Waals surface area contributed by atoms with E-state index in [4.69, 9.17) is 0 Å². The minimum atomic E-state index is -5.05. The van der Waals surface area contributed by atoms with Gasteiger partial charge in [0.05, 0.1) is 5.75 Å². The van der Waals surface area contributed by atoms with Crippen molar-refractivity contribution in [2.24, 2.45) is 0 Å². The zero-order valence-electron chi connectivity index (χ0n) is 7.92. The van der Waals surface area contributed by atoms with Gasteiger partial charge in [-0.3, -0.25) is 0 Å². The van der Waals surface area contributed by atoms with Crippen LogP contribution in [-0.2, 0) is 10.0 Å². The summed E-state index contributed by atoms with van der Waals surface area (Å²) in [4.78, 5) is 0. The predicted molar refractivity (Wildman–Crippen MR) is 43.7 cm³/mol. The van der Waals surface area contributed by atoms with Crippen LogP contribution in [0, 0.1) is 0 Å². The van der Waals surface area contributed by atoms with Crippen molar-refractivity contribution in [1.82, 2.24) is 4.31 Å². The molecule has 0 saturated carbocycles. The normalized spacial score (nSPS) is 22.8. The largest absolute Gasteiger partial charge is 1.00 e. The van der Waals surface area contributed by atoms with Crippen LogP contribution in [0.15, 0.2) is 0 Å². The van der Waals surface area contributed by atoms with Crippen molar-refractivity contribution in [2.45, 2.75) is 12.8 Å². The maximum atomic E-state index is 11.9. The monoisotopic (exact) mass is 255 g/mol. The third-order valence-corrected chi connectivity index (χ3v) is 3.79. The predicted octanol–water partition coefficient (Wildman–Crippen LogP) is -2.20. The first kappa shape index (κ1) is 15.4. The molecule has 0 aromatic rings. The number of rotatable bonds is 2. The zero-order valence-corrected chi connectivity index (χ0v) is 11.9. The third kappa shape index (κ3) is 4.95. The van der Waals surface area contributed by atoms with Crippen LogP contribution in [0.3, 0.4) is 0 Å². The van der Waals surface area contributed by atoms with E-state index < -0.39 is 23.4 Å². The molecule has 1 saturated heterocycles. The number of hydrogen-bond acceptors (Lipinski definition) is 2. The van der Waals surface area contributed by atoms with Crippen molar-refractivity contribution in [3.05, 3.63) is 0 Å². The Hall–Kier alpha value is 1.40. The average Bonchev–Trinajstić information content (AvgIpc) is 1.91. The fraction of sp³-hybridized carbons (Fsp3) is 1.00. The van der Waals surface area contributed by atoms with E-state index in [9.17, 15) is 21.4 Å². The summed E-state index contributed by atoms with van der Waals surface area (Å²) in [5, 5.41) is 0. The van der Waals surface area contributed by atoms with Gasteiger partial charge in [-0.1, -0.05) is 0 Å². The molecular weight excluding hydrogens is 245 g/mol. The van der Waals surface area contributed by atoms with E-state index in [1.807, 2.05) is 0 Å². The van der Waals surface area contributed by atoms with Gasteiger partial charge in [0, 0.05) is 6.54 Å². The van der Waals surface area contributed by atoms with Gasteiger partial charge in [-0.05, 0) is 19.3 Å². The van der Waals surface area contributed by atoms with E-state index >= 15 is 0 Å². The Labute approximate surface area is 124 Å². The molecule has 78 valence electrons. The molecule has 0 N–H and O–H groups in total. The van der Waals surface area contributed by atoms with Crippen molar-refractivity contribution in [3.8, 4) is 0 Å². The van der Waals surface area contributed by atoms with Crippen LogP contribution in [0.5, 0.6) is 0 Å². The number of sulfonamides is 1. The Morgan fingerprint density at radius 2 is 1.79 bits per heavy atom. The minimum absolute atomic E-state index is 0. The van der Waals surface area contributed by atoms with E-state index in [2.05, 4.69) is 0 Å². The molecule has 0 aromatic heterocycles. The molecule has 0 atom stereocenters. The van der Waals surface area contributed by atoms with Gasteiger partial charge in [0.2, 0.25) is 10.0 Å². The van der Waals surface area contributed by atoms with Crippen molar-refractivity contribution >= 4 is 17.0 Å². The topological polar surface area (TPSA) is 37.4 Å². The summed E-state index contributed by atoms with van der Waals surface area (Å²) in [5.74, 6) is -0.154. The molecule has 0 radical (unpaired) electrons. The molecule has 3 nitrogen and oxygen atoms in total. The molecule has 14 heavy (non-hydrogen) atoms. The van der Waals surface area contributed by atoms with Crippen LogP contribution >= 0.6 is 0 Å². The summed E-state index contributed by atoms with van der Waals surface area (Å²) in [6.07, 6.45) is -0.308. The molecule has 1 aliphatic rings. The first-order valence-corrected chi connectivity index (χ1v) is 5.61. The number of hydrogen-bond donors (Lipinski definition) is 0. The maximum Gasteiger partial charge on any atom is 1.00 e.